The molecule has 4 aromatic rings. The highest BCUT2D eigenvalue weighted by atomic mass is 16.5. The van der Waals surface area contributed by atoms with E-state index in [1.807, 2.05) is 24.4 Å². The number of amides is 2. The van der Waals surface area contributed by atoms with Crippen molar-refractivity contribution in [2.75, 3.05) is 23.5 Å². The number of esters is 1. The van der Waals surface area contributed by atoms with Gasteiger partial charge in [0.15, 0.2) is 0 Å². The SMILES string of the molecule is COC(=O)[C@H](CCC(N)=O)N(C(=O)c1ccc(CCc2c[nH]c3nc(N)nc(N)c23)cc1)c1cccc(C#N)c1. The summed E-state index contributed by atoms with van der Waals surface area (Å²) in [5.74, 6) is -1.44. The summed E-state index contributed by atoms with van der Waals surface area (Å²) < 4.78 is 4.94. The molecule has 2 amide bonds. The number of carbonyl (C=O) groups is 3. The van der Waals surface area contributed by atoms with Crippen LogP contribution in [0.25, 0.3) is 11.0 Å². The van der Waals surface area contributed by atoms with E-state index in [0.717, 1.165) is 16.5 Å². The van der Waals surface area contributed by atoms with Crippen LogP contribution in [0, 0.1) is 11.3 Å². The quantitative estimate of drug-likeness (QED) is 0.217. The molecule has 1 atom stereocenters. The molecule has 0 saturated heterocycles. The minimum atomic E-state index is -1.14. The van der Waals surface area contributed by atoms with Crippen molar-refractivity contribution in [3.05, 3.63) is 77.0 Å². The number of H-pyrrole nitrogens is 1. The number of methoxy groups -OCH3 is 1. The highest BCUT2D eigenvalue weighted by Gasteiger charge is 2.33. The van der Waals surface area contributed by atoms with Crippen LogP contribution >= 0.6 is 0 Å². The standard InChI is InChI=1S/C28H28N8O4/c1-40-27(39)21(11-12-22(30)37)36(20-4-2-3-17(13-20)14-29)26(38)18-8-5-16(6-9-18)7-10-19-15-33-25-23(19)24(31)34-28(32)35-25/h2-6,8-9,13,15,21H,7,10-12H2,1H3,(H2,30,37)(H5,31,32,33,34,35)/t21-/m0/s1. The molecule has 0 aliphatic carbocycles. The van der Waals surface area contributed by atoms with Crippen LogP contribution in [0.2, 0.25) is 0 Å². The van der Waals surface area contributed by atoms with Crippen molar-refractivity contribution in [3.8, 4) is 6.07 Å². The third-order valence-electron chi connectivity index (χ3n) is 6.46. The maximum Gasteiger partial charge on any atom is 0.328 e. The average Bonchev–Trinajstić information content (AvgIpc) is 3.36. The Morgan fingerprint density at radius 2 is 1.85 bits per heavy atom. The van der Waals surface area contributed by atoms with Crippen LogP contribution in [0.1, 0.15) is 39.9 Å². The van der Waals surface area contributed by atoms with E-state index >= 15 is 0 Å². The number of nitrogens with one attached hydrogen (secondary N) is 1. The number of hydrogen-bond acceptors (Lipinski definition) is 9. The first kappa shape index (κ1) is 27.6. The maximum absolute atomic E-state index is 13.8. The van der Waals surface area contributed by atoms with Gasteiger partial charge in [0.2, 0.25) is 11.9 Å². The Morgan fingerprint density at radius 1 is 1.10 bits per heavy atom. The van der Waals surface area contributed by atoms with Crippen LogP contribution in [-0.2, 0) is 27.2 Å². The van der Waals surface area contributed by atoms with Gasteiger partial charge in [0.05, 0.1) is 24.1 Å². The molecule has 0 saturated carbocycles. The number of hydrogen-bond donors (Lipinski definition) is 4. The van der Waals surface area contributed by atoms with E-state index in [1.165, 1.54) is 18.1 Å². The molecule has 40 heavy (non-hydrogen) atoms. The van der Waals surface area contributed by atoms with Gasteiger partial charge < -0.3 is 26.9 Å². The zero-order chi connectivity index (χ0) is 28.8. The molecule has 0 radical (unpaired) electrons. The lowest BCUT2D eigenvalue weighted by atomic mass is 10.0. The van der Waals surface area contributed by atoms with Crippen molar-refractivity contribution in [1.82, 2.24) is 15.0 Å². The molecule has 2 heterocycles. The van der Waals surface area contributed by atoms with Gasteiger partial charge in [-0.3, -0.25) is 14.5 Å². The van der Waals surface area contributed by atoms with Crippen molar-refractivity contribution in [2.45, 2.75) is 31.7 Å². The number of ether oxygens (including phenoxy) is 1. The number of nitrogens with two attached hydrogens (primary N) is 3. The number of nitrogen functional groups attached to an aromatic ring is 2. The normalized spacial score (nSPS) is 11.5. The zero-order valence-electron chi connectivity index (χ0n) is 21.8. The first-order valence-electron chi connectivity index (χ1n) is 12.4. The first-order chi connectivity index (χ1) is 19.2. The fourth-order valence-corrected chi connectivity index (χ4v) is 4.51. The van der Waals surface area contributed by atoms with E-state index in [1.54, 1.807) is 30.3 Å². The van der Waals surface area contributed by atoms with Gasteiger partial charge in [0, 0.05) is 23.9 Å². The fraction of sp³-hybridized carbons (Fsp3) is 0.214. The van der Waals surface area contributed by atoms with Gasteiger partial charge in [-0.25, -0.2) is 4.79 Å². The number of aryl methyl sites for hydroxylation is 2. The van der Waals surface area contributed by atoms with Crippen molar-refractivity contribution >= 4 is 46.3 Å². The highest BCUT2D eigenvalue weighted by molar-refractivity contribution is 6.09. The van der Waals surface area contributed by atoms with Gasteiger partial charge in [-0.2, -0.15) is 15.2 Å². The Balaban J connectivity index is 1.60. The van der Waals surface area contributed by atoms with Crippen LogP contribution in [0.5, 0.6) is 0 Å². The summed E-state index contributed by atoms with van der Waals surface area (Å²) in [7, 11) is 1.20. The van der Waals surface area contributed by atoms with Gasteiger partial charge in [0.1, 0.15) is 17.5 Å². The Hall–Kier alpha value is -5.44. The second kappa shape index (κ2) is 12.0. The first-order valence-corrected chi connectivity index (χ1v) is 12.4. The molecule has 204 valence electrons. The molecule has 0 unspecified atom stereocenters. The van der Waals surface area contributed by atoms with E-state index in [-0.39, 0.29) is 18.8 Å². The lowest BCUT2D eigenvalue weighted by Crippen LogP contribution is -2.46. The molecule has 2 aromatic carbocycles. The van der Waals surface area contributed by atoms with Crippen molar-refractivity contribution in [3.63, 3.8) is 0 Å². The van der Waals surface area contributed by atoms with Crippen molar-refractivity contribution in [2.24, 2.45) is 5.73 Å². The van der Waals surface area contributed by atoms with Gasteiger partial charge in [-0.05, 0) is 60.7 Å². The zero-order valence-corrected chi connectivity index (χ0v) is 21.8. The fourth-order valence-electron chi connectivity index (χ4n) is 4.51. The molecule has 0 spiro atoms. The highest BCUT2D eigenvalue weighted by Crippen LogP contribution is 2.26. The monoisotopic (exact) mass is 540 g/mol. The van der Waals surface area contributed by atoms with E-state index in [0.29, 0.717) is 41.1 Å². The maximum atomic E-state index is 13.8. The van der Waals surface area contributed by atoms with Gasteiger partial charge in [0.25, 0.3) is 5.91 Å². The van der Waals surface area contributed by atoms with Crippen LogP contribution in [0.15, 0.2) is 54.7 Å². The number of carbonyl (C=O) groups excluding carboxylic acids is 3. The predicted molar refractivity (Wildman–Crippen MR) is 149 cm³/mol. The lowest BCUT2D eigenvalue weighted by Gasteiger charge is -2.30. The topological polar surface area (TPSA) is 207 Å². The van der Waals surface area contributed by atoms with Crippen LogP contribution in [0.3, 0.4) is 0 Å². The second-order valence-electron chi connectivity index (χ2n) is 9.08. The number of benzene rings is 2. The smallest absolute Gasteiger partial charge is 0.328 e. The number of nitrogens with zero attached hydrogens (tertiary/aromatic N) is 4. The number of primary amides is 1. The predicted octanol–water partition coefficient (Wildman–Crippen LogP) is 2.23. The Kier molecular flexibility index (Phi) is 8.24. The molecule has 2 aromatic heterocycles. The number of aromatic amines is 1. The molecule has 0 aliphatic heterocycles. The summed E-state index contributed by atoms with van der Waals surface area (Å²) >= 11 is 0. The Bertz CT molecular complexity index is 1610. The lowest BCUT2D eigenvalue weighted by molar-refractivity contribution is -0.142. The molecule has 12 nitrogen and oxygen atoms in total. The van der Waals surface area contributed by atoms with E-state index < -0.39 is 23.8 Å². The van der Waals surface area contributed by atoms with Gasteiger partial charge >= 0.3 is 5.97 Å². The Morgan fingerprint density at radius 3 is 2.52 bits per heavy atom. The summed E-state index contributed by atoms with van der Waals surface area (Å²) in [6.07, 6.45) is 2.90. The Labute approximate surface area is 229 Å². The largest absolute Gasteiger partial charge is 0.467 e. The van der Waals surface area contributed by atoms with Crippen LogP contribution in [-0.4, -0.2) is 45.9 Å². The molecule has 0 aliphatic rings. The molecule has 4 rings (SSSR count). The summed E-state index contributed by atoms with van der Waals surface area (Å²) in [5, 5.41) is 10.1. The summed E-state index contributed by atoms with van der Waals surface area (Å²) in [6, 6.07) is 14.2. The second-order valence-corrected chi connectivity index (χ2v) is 9.08. The molecule has 12 heteroatoms. The van der Waals surface area contributed by atoms with Crippen molar-refractivity contribution < 1.29 is 19.1 Å². The van der Waals surface area contributed by atoms with Gasteiger partial charge in [-0.1, -0.05) is 18.2 Å². The van der Waals surface area contributed by atoms with E-state index in [4.69, 9.17) is 21.9 Å². The number of fused-ring (bicyclic) bond motifs is 1. The van der Waals surface area contributed by atoms with Crippen LogP contribution < -0.4 is 22.1 Å². The van der Waals surface area contributed by atoms with Gasteiger partial charge in [-0.15, -0.1) is 0 Å². The average molecular weight is 541 g/mol. The molecular weight excluding hydrogens is 512 g/mol. The summed E-state index contributed by atoms with van der Waals surface area (Å²) in [5.41, 5.74) is 20.4. The molecule has 0 bridgehead atoms. The van der Waals surface area contributed by atoms with E-state index in [2.05, 4.69) is 15.0 Å². The number of aromatic nitrogens is 3. The summed E-state index contributed by atoms with van der Waals surface area (Å²) in [4.78, 5) is 50.6. The third kappa shape index (κ3) is 5.99. The van der Waals surface area contributed by atoms with E-state index in [9.17, 15) is 19.6 Å². The van der Waals surface area contributed by atoms with Crippen molar-refractivity contribution in [1.29, 1.82) is 5.26 Å². The number of nitriles is 1. The number of anilines is 3. The van der Waals surface area contributed by atoms with Crippen LogP contribution in [0.4, 0.5) is 17.5 Å². The molecular formula is C28H28N8O4. The molecule has 0 fully saturated rings. The minimum absolute atomic E-state index is 0.0499. The molecule has 7 N–H and O–H groups in total. The number of rotatable bonds is 10. The minimum Gasteiger partial charge on any atom is -0.467 e. The third-order valence-corrected chi connectivity index (χ3v) is 6.46. The summed E-state index contributed by atoms with van der Waals surface area (Å²) in [6.45, 7) is 0.